The lowest BCUT2D eigenvalue weighted by atomic mass is 10.2. The number of hydrogen-bond donors (Lipinski definition) is 1. The standard InChI is InChI=1S/C18H23N3O2/c1-13-10-17(14(2)21(13)16-5-6-16)18(23)20(8-9-22)12-15-4-3-7-19-11-15/h3-4,7,10-11,16,22H,5-6,8-9,12H2,1-2H3. The maximum Gasteiger partial charge on any atom is 0.256 e. The van der Waals surface area contributed by atoms with Crippen LogP contribution in [0.3, 0.4) is 0 Å². The Balaban J connectivity index is 1.85. The fourth-order valence-corrected chi connectivity index (χ4v) is 3.14. The van der Waals surface area contributed by atoms with Gasteiger partial charge >= 0.3 is 0 Å². The van der Waals surface area contributed by atoms with Gasteiger partial charge in [-0.25, -0.2) is 0 Å². The fourth-order valence-electron chi connectivity index (χ4n) is 3.14. The summed E-state index contributed by atoms with van der Waals surface area (Å²) in [7, 11) is 0. The van der Waals surface area contributed by atoms with E-state index in [0.29, 0.717) is 19.1 Å². The van der Waals surface area contributed by atoms with Gasteiger partial charge in [-0.1, -0.05) is 6.07 Å². The van der Waals surface area contributed by atoms with Crippen molar-refractivity contribution in [1.82, 2.24) is 14.5 Å². The van der Waals surface area contributed by atoms with Gasteiger partial charge in [0.1, 0.15) is 0 Å². The average Bonchev–Trinajstić information content (AvgIpc) is 3.33. The van der Waals surface area contributed by atoms with E-state index < -0.39 is 0 Å². The van der Waals surface area contributed by atoms with E-state index in [9.17, 15) is 9.90 Å². The Hall–Kier alpha value is -2.14. The van der Waals surface area contributed by atoms with Crippen LogP contribution in [0, 0.1) is 13.8 Å². The molecule has 5 heteroatoms. The predicted octanol–water partition coefficient (Wildman–Crippen LogP) is 2.47. The largest absolute Gasteiger partial charge is 0.395 e. The number of amides is 1. The van der Waals surface area contributed by atoms with Crippen LogP contribution in [0.4, 0.5) is 0 Å². The van der Waals surface area contributed by atoms with Crippen molar-refractivity contribution in [2.75, 3.05) is 13.2 Å². The molecule has 1 fully saturated rings. The van der Waals surface area contributed by atoms with E-state index in [1.165, 1.54) is 12.8 Å². The highest BCUT2D eigenvalue weighted by Crippen LogP contribution is 2.38. The van der Waals surface area contributed by atoms with Crippen LogP contribution < -0.4 is 0 Å². The Kier molecular flexibility index (Phi) is 4.48. The zero-order chi connectivity index (χ0) is 16.4. The molecule has 0 unspecified atom stereocenters. The number of aromatic nitrogens is 2. The van der Waals surface area contributed by atoms with Gasteiger partial charge in [0, 0.05) is 42.9 Å². The first-order valence-corrected chi connectivity index (χ1v) is 8.09. The number of pyridine rings is 1. The molecule has 1 saturated carbocycles. The molecule has 2 aromatic rings. The normalized spacial score (nSPS) is 14.0. The Morgan fingerprint density at radius 2 is 2.22 bits per heavy atom. The Labute approximate surface area is 136 Å². The topological polar surface area (TPSA) is 58.4 Å². The van der Waals surface area contributed by atoms with Crippen LogP contribution in [0.15, 0.2) is 30.6 Å². The van der Waals surface area contributed by atoms with Crippen LogP contribution in [0.2, 0.25) is 0 Å². The van der Waals surface area contributed by atoms with Crippen LogP contribution in [-0.4, -0.2) is 38.6 Å². The second-order valence-corrected chi connectivity index (χ2v) is 6.20. The lowest BCUT2D eigenvalue weighted by Crippen LogP contribution is -2.33. The summed E-state index contributed by atoms with van der Waals surface area (Å²) in [5, 5.41) is 9.32. The van der Waals surface area contributed by atoms with Gasteiger partial charge in [0.05, 0.1) is 12.2 Å². The molecule has 1 aliphatic rings. The smallest absolute Gasteiger partial charge is 0.256 e. The molecule has 2 aromatic heterocycles. The molecule has 1 amide bonds. The number of carbonyl (C=O) groups is 1. The van der Waals surface area contributed by atoms with Crippen molar-refractivity contribution >= 4 is 5.91 Å². The van der Waals surface area contributed by atoms with E-state index in [4.69, 9.17) is 0 Å². The van der Waals surface area contributed by atoms with Crippen LogP contribution in [0.5, 0.6) is 0 Å². The molecule has 0 radical (unpaired) electrons. The molecule has 2 heterocycles. The molecule has 1 aliphatic carbocycles. The van der Waals surface area contributed by atoms with Gasteiger partial charge in [0.2, 0.25) is 0 Å². The van der Waals surface area contributed by atoms with Crippen molar-refractivity contribution in [3.05, 3.63) is 53.1 Å². The zero-order valence-electron chi connectivity index (χ0n) is 13.7. The quantitative estimate of drug-likeness (QED) is 0.891. The number of aliphatic hydroxyl groups excluding tert-OH is 1. The van der Waals surface area contributed by atoms with Crippen molar-refractivity contribution in [3.63, 3.8) is 0 Å². The second-order valence-electron chi connectivity index (χ2n) is 6.20. The maximum absolute atomic E-state index is 12.9. The minimum Gasteiger partial charge on any atom is -0.395 e. The molecule has 0 spiro atoms. The molecule has 5 nitrogen and oxygen atoms in total. The Morgan fingerprint density at radius 1 is 1.43 bits per heavy atom. The van der Waals surface area contributed by atoms with Crippen LogP contribution in [0.25, 0.3) is 0 Å². The Bertz CT molecular complexity index is 690. The van der Waals surface area contributed by atoms with E-state index in [2.05, 4.69) is 16.5 Å². The molecular formula is C18H23N3O2. The minimum absolute atomic E-state index is 0.0251. The summed E-state index contributed by atoms with van der Waals surface area (Å²) in [5.74, 6) is -0.0251. The predicted molar refractivity (Wildman–Crippen MR) is 88.2 cm³/mol. The first kappa shape index (κ1) is 15.7. The van der Waals surface area contributed by atoms with Crippen molar-refractivity contribution in [1.29, 1.82) is 0 Å². The molecule has 0 bridgehead atoms. The molecule has 0 aromatic carbocycles. The average molecular weight is 313 g/mol. The van der Waals surface area contributed by atoms with E-state index in [-0.39, 0.29) is 12.5 Å². The number of rotatable bonds is 6. The molecule has 0 saturated heterocycles. The van der Waals surface area contributed by atoms with Gasteiger partial charge in [-0.3, -0.25) is 9.78 Å². The maximum atomic E-state index is 12.9. The second kappa shape index (κ2) is 6.54. The fraction of sp³-hybridized carbons (Fsp3) is 0.444. The minimum atomic E-state index is -0.0482. The highest BCUT2D eigenvalue weighted by atomic mass is 16.3. The highest BCUT2D eigenvalue weighted by Gasteiger charge is 2.29. The first-order chi connectivity index (χ1) is 11.1. The third kappa shape index (κ3) is 3.29. The number of hydrogen-bond acceptors (Lipinski definition) is 3. The monoisotopic (exact) mass is 313 g/mol. The summed E-state index contributed by atoms with van der Waals surface area (Å²) in [6.45, 7) is 4.80. The van der Waals surface area contributed by atoms with E-state index >= 15 is 0 Å². The lowest BCUT2D eigenvalue weighted by Gasteiger charge is -2.22. The number of aliphatic hydroxyl groups is 1. The van der Waals surface area contributed by atoms with Crippen LogP contribution >= 0.6 is 0 Å². The summed E-state index contributed by atoms with van der Waals surface area (Å²) < 4.78 is 2.27. The van der Waals surface area contributed by atoms with Crippen LogP contribution in [-0.2, 0) is 6.54 Å². The third-order valence-electron chi connectivity index (χ3n) is 4.38. The SMILES string of the molecule is Cc1cc(C(=O)N(CCO)Cc2cccnc2)c(C)n1C1CC1. The highest BCUT2D eigenvalue weighted by molar-refractivity contribution is 5.95. The zero-order valence-corrected chi connectivity index (χ0v) is 13.7. The molecule has 0 aliphatic heterocycles. The lowest BCUT2D eigenvalue weighted by molar-refractivity contribution is 0.0707. The third-order valence-corrected chi connectivity index (χ3v) is 4.38. The molecular weight excluding hydrogens is 290 g/mol. The summed E-state index contributed by atoms with van der Waals surface area (Å²) in [4.78, 5) is 18.7. The van der Waals surface area contributed by atoms with Gasteiger partial charge in [-0.2, -0.15) is 0 Å². The molecule has 1 N–H and O–H groups in total. The first-order valence-electron chi connectivity index (χ1n) is 8.09. The Morgan fingerprint density at radius 3 is 2.83 bits per heavy atom. The van der Waals surface area contributed by atoms with Gasteiger partial charge < -0.3 is 14.6 Å². The number of aryl methyl sites for hydroxylation is 1. The summed E-state index contributed by atoms with van der Waals surface area (Å²) in [5.41, 5.74) is 3.87. The number of carbonyl (C=O) groups excluding carboxylic acids is 1. The summed E-state index contributed by atoms with van der Waals surface area (Å²) in [6.07, 6.45) is 5.86. The van der Waals surface area contributed by atoms with Gasteiger partial charge in [-0.05, 0) is 44.4 Å². The summed E-state index contributed by atoms with van der Waals surface area (Å²) >= 11 is 0. The van der Waals surface area contributed by atoms with Gasteiger partial charge in [0.15, 0.2) is 0 Å². The van der Waals surface area contributed by atoms with E-state index in [1.54, 1.807) is 17.3 Å². The molecule has 0 atom stereocenters. The molecule has 23 heavy (non-hydrogen) atoms. The number of nitrogens with zero attached hydrogens (tertiary/aromatic N) is 3. The molecule has 122 valence electrons. The van der Waals surface area contributed by atoms with Crippen molar-refractivity contribution < 1.29 is 9.90 Å². The van der Waals surface area contributed by atoms with Crippen LogP contribution in [0.1, 0.15) is 46.2 Å². The van der Waals surface area contributed by atoms with Gasteiger partial charge in [0.25, 0.3) is 5.91 Å². The molecule has 3 rings (SSSR count). The summed E-state index contributed by atoms with van der Waals surface area (Å²) in [6, 6.07) is 6.33. The van der Waals surface area contributed by atoms with Gasteiger partial charge in [-0.15, -0.1) is 0 Å². The van der Waals surface area contributed by atoms with Crippen molar-refractivity contribution in [2.24, 2.45) is 0 Å². The van der Waals surface area contributed by atoms with Crippen molar-refractivity contribution in [2.45, 2.75) is 39.3 Å². The van der Waals surface area contributed by atoms with Crippen molar-refractivity contribution in [3.8, 4) is 0 Å². The van der Waals surface area contributed by atoms with E-state index in [0.717, 1.165) is 22.5 Å². The van der Waals surface area contributed by atoms with E-state index in [1.807, 2.05) is 25.1 Å².